The molecule has 1 atom stereocenters. The second-order valence-corrected chi connectivity index (χ2v) is 8.45. The van der Waals surface area contributed by atoms with Gasteiger partial charge in [-0.05, 0) is 38.4 Å². The molecular weight excluding hydrogens is 409 g/mol. The Balaban J connectivity index is 2.23. The lowest BCUT2D eigenvalue weighted by Gasteiger charge is -2.26. The summed E-state index contributed by atoms with van der Waals surface area (Å²) in [6, 6.07) is 10.5. The molecule has 0 saturated carbocycles. The molecule has 0 aliphatic rings. The van der Waals surface area contributed by atoms with Gasteiger partial charge < -0.3 is 15.0 Å². The first-order valence-corrected chi connectivity index (χ1v) is 10.7. The van der Waals surface area contributed by atoms with E-state index in [0.29, 0.717) is 5.75 Å². The van der Waals surface area contributed by atoms with E-state index in [9.17, 15) is 17.6 Å². The van der Waals surface area contributed by atoms with Gasteiger partial charge in [-0.3, -0.25) is 4.79 Å². The molecule has 0 spiro atoms. The van der Waals surface area contributed by atoms with Gasteiger partial charge in [-0.1, -0.05) is 24.3 Å². The van der Waals surface area contributed by atoms with Crippen LogP contribution in [0.1, 0.15) is 22.0 Å². The van der Waals surface area contributed by atoms with E-state index in [1.807, 2.05) is 43.3 Å². The number of benzene rings is 2. The van der Waals surface area contributed by atoms with E-state index >= 15 is 0 Å². The van der Waals surface area contributed by atoms with E-state index in [-0.39, 0.29) is 24.7 Å². The Hall–Kier alpha value is -2.75. The fourth-order valence-corrected chi connectivity index (χ4v) is 4.00. The van der Waals surface area contributed by atoms with Crippen molar-refractivity contribution < 1.29 is 22.3 Å². The summed E-state index contributed by atoms with van der Waals surface area (Å²) in [7, 11) is 1.21. The van der Waals surface area contributed by atoms with Crippen molar-refractivity contribution in [2.24, 2.45) is 0 Å². The predicted octanol–water partition coefficient (Wildman–Crippen LogP) is 2.33. The van der Waals surface area contributed by atoms with E-state index in [0.717, 1.165) is 17.7 Å². The van der Waals surface area contributed by atoms with Crippen molar-refractivity contribution in [3.8, 4) is 5.75 Å². The van der Waals surface area contributed by atoms with Crippen LogP contribution in [0.5, 0.6) is 5.75 Å². The molecule has 162 valence electrons. The van der Waals surface area contributed by atoms with Gasteiger partial charge in [0.2, 0.25) is 10.0 Å². The third kappa shape index (κ3) is 5.65. The minimum absolute atomic E-state index is 0.0351. The van der Waals surface area contributed by atoms with Crippen LogP contribution >= 0.6 is 0 Å². The molecule has 9 heteroatoms. The Kier molecular flexibility index (Phi) is 8.10. The molecule has 2 N–H and O–H groups in total. The normalized spacial score (nSPS) is 12.4. The topological polar surface area (TPSA) is 87.7 Å². The lowest BCUT2D eigenvalue weighted by atomic mass is 10.0. The number of amides is 1. The number of hydrogen-bond donors (Lipinski definition) is 2. The van der Waals surface area contributed by atoms with Gasteiger partial charge in [0.05, 0.1) is 13.2 Å². The quantitative estimate of drug-likeness (QED) is 0.560. The maximum atomic E-state index is 14.1. The number of nitrogens with zero attached hydrogens (tertiary/aromatic N) is 1. The highest BCUT2D eigenvalue weighted by Crippen LogP contribution is 2.27. The van der Waals surface area contributed by atoms with Crippen LogP contribution in [0.4, 0.5) is 4.39 Å². The van der Waals surface area contributed by atoms with E-state index in [4.69, 9.17) is 4.74 Å². The van der Waals surface area contributed by atoms with Gasteiger partial charge in [0.25, 0.3) is 5.91 Å². The Labute approximate surface area is 176 Å². The Bertz CT molecular complexity index is 1010. The largest absolute Gasteiger partial charge is 0.496 e. The average Bonchev–Trinajstić information content (AvgIpc) is 2.72. The number of nitrogens with one attached hydrogen (secondary N) is 2. The number of sulfonamides is 1. The monoisotopic (exact) mass is 435 g/mol. The molecule has 1 amide bonds. The second kappa shape index (κ2) is 10.3. The van der Waals surface area contributed by atoms with Crippen molar-refractivity contribution in [1.82, 2.24) is 14.9 Å². The maximum absolute atomic E-state index is 14.1. The number of carbonyl (C=O) groups excluding carboxylic acids is 1. The molecule has 0 aromatic heterocycles. The van der Waals surface area contributed by atoms with Gasteiger partial charge in [0, 0.05) is 24.2 Å². The molecule has 30 heavy (non-hydrogen) atoms. The van der Waals surface area contributed by atoms with E-state index in [2.05, 4.69) is 16.6 Å². The van der Waals surface area contributed by atoms with Crippen LogP contribution in [-0.2, 0) is 10.0 Å². The summed E-state index contributed by atoms with van der Waals surface area (Å²) >= 11 is 0. The third-order valence-corrected chi connectivity index (χ3v) is 5.92. The lowest BCUT2D eigenvalue weighted by Crippen LogP contribution is -2.35. The average molecular weight is 436 g/mol. The summed E-state index contributed by atoms with van der Waals surface area (Å²) < 4.78 is 46.2. The zero-order valence-corrected chi connectivity index (χ0v) is 18.0. The van der Waals surface area contributed by atoms with Gasteiger partial charge in [0.1, 0.15) is 16.5 Å². The van der Waals surface area contributed by atoms with Crippen LogP contribution in [0.3, 0.4) is 0 Å². The summed E-state index contributed by atoms with van der Waals surface area (Å²) in [6.07, 6.45) is 1.34. The smallest absolute Gasteiger partial charge is 0.251 e. The molecule has 2 aromatic rings. The number of hydrogen-bond acceptors (Lipinski definition) is 5. The van der Waals surface area contributed by atoms with Crippen molar-refractivity contribution in [2.75, 3.05) is 34.3 Å². The molecule has 2 aromatic carbocycles. The van der Waals surface area contributed by atoms with Crippen LogP contribution in [0.25, 0.3) is 0 Å². The Morgan fingerprint density at radius 3 is 2.60 bits per heavy atom. The van der Waals surface area contributed by atoms with Crippen molar-refractivity contribution in [3.05, 3.63) is 72.1 Å². The first kappa shape index (κ1) is 23.5. The number of rotatable bonds is 10. The number of ether oxygens (including phenoxy) is 1. The molecule has 7 nitrogen and oxygen atoms in total. The van der Waals surface area contributed by atoms with E-state index in [1.54, 1.807) is 7.11 Å². The molecule has 0 fully saturated rings. The standard InChI is InChI=1S/C21H26FN3O4S/c1-5-12-24-30(27,28)20-13-15(10-11-17(20)22)21(26)23-14-18(25(2)3)16-8-6-7-9-19(16)29-4/h5-11,13,18,24H,1,12,14H2,2-4H3,(H,23,26). The molecule has 0 aliphatic heterocycles. The van der Waals surface area contributed by atoms with Crippen molar-refractivity contribution in [2.45, 2.75) is 10.9 Å². The molecule has 1 unspecified atom stereocenters. The summed E-state index contributed by atoms with van der Waals surface area (Å²) in [5.41, 5.74) is 0.925. The molecular formula is C21H26FN3O4S. The van der Waals surface area contributed by atoms with Crippen LogP contribution in [0, 0.1) is 5.82 Å². The summed E-state index contributed by atoms with van der Waals surface area (Å²) in [5, 5.41) is 2.78. The zero-order chi connectivity index (χ0) is 22.3. The fourth-order valence-electron chi connectivity index (χ4n) is 2.90. The highest BCUT2D eigenvalue weighted by Gasteiger charge is 2.22. The van der Waals surface area contributed by atoms with E-state index in [1.165, 1.54) is 12.1 Å². The highest BCUT2D eigenvalue weighted by atomic mass is 32.2. The first-order chi connectivity index (χ1) is 14.2. The molecule has 0 bridgehead atoms. The second-order valence-electron chi connectivity index (χ2n) is 6.72. The van der Waals surface area contributed by atoms with E-state index < -0.39 is 26.6 Å². The number of halogens is 1. The Morgan fingerprint density at radius 1 is 1.27 bits per heavy atom. The van der Waals surface area contributed by atoms with Crippen LogP contribution in [-0.4, -0.2) is 53.5 Å². The molecule has 0 saturated heterocycles. The minimum atomic E-state index is -4.11. The first-order valence-electron chi connectivity index (χ1n) is 9.19. The number of carbonyl (C=O) groups is 1. The number of methoxy groups -OCH3 is 1. The van der Waals surface area contributed by atoms with Crippen molar-refractivity contribution in [1.29, 1.82) is 0 Å². The maximum Gasteiger partial charge on any atom is 0.251 e. The Morgan fingerprint density at radius 2 is 1.97 bits per heavy atom. The molecule has 0 radical (unpaired) electrons. The van der Waals surface area contributed by atoms with Gasteiger partial charge >= 0.3 is 0 Å². The van der Waals surface area contributed by atoms with Gasteiger partial charge in [-0.2, -0.15) is 0 Å². The minimum Gasteiger partial charge on any atom is -0.496 e. The number of likely N-dealkylation sites (N-methyl/N-ethyl adjacent to an activating group) is 1. The summed E-state index contributed by atoms with van der Waals surface area (Å²) in [4.78, 5) is 14.0. The molecule has 0 aliphatic carbocycles. The van der Waals surface area contributed by atoms with Crippen LogP contribution < -0.4 is 14.8 Å². The fraction of sp³-hybridized carbons (Fsp3) is 0.286. The van der Waals surface area contributed by atoms with Crippen LogP contribution in [0.15, 0.2) is 60.0 Å². The number of para-hydroxylation sites is 1. The predicted molar refractivity (Wildman–Crippen MR) is 114 cm³/mol. The summed E-state index contributed by atoms with van der Waals surface area (Å²) in [6.45, 7) is 3.60. The highest BCUT2D eigenvalue weighted by molar-refractivity contribution is 7.89. The van der Waals surface area contributed by atoms with Crippen molar-refractivity contribution >= 4 is 15.9 Å². The van der Waals surface area contributed by atoms with Gasteiger partial charge in [-0.15, -0.1) is 6.58 Å². The third-order valence-electron chi connectivity index (χ3n) is 4.48. The van der Waals surface area contributed by atoms with Crippen molar-refractivity contribution in [3.63, 3.8) is 0 Å². The zero-order valence-electron chi connectivity index (χ0n) is 17.2. The molecule has 0 heterocycles. The molecule has 2 rings (SSSR count). The van der Waals surface area contributed by atoms with Gasteiger partial charge in [0.15, 0.2) is 0 Å². The summed E-state index contributed by atoms with van der Waals surface area (Å²) in [5.74, 6) is -0.769. The van der Waals surface area contributed by atoms with Gasteiger partial charge in [-0.25, -0.2) is 17.5 Å². The SMILES string of the molecule is C=CCNS(=O)(=O)c1cc(C(=O)NCC(c2ccccc2OC)N(C)C)ccc1F. The lowest BCUT2D eigenvalue weighted by molar-refractivity contribution is 0.0941. The van der Waals surface area contributed by atoms with Crippen LogP contribution in [0.2, 0.25) is 0 Å².